The van der Waals surface area contributed by atoms with Crippen LogP contribution in [0.25, 0.3) is 0 Å². The van der Waals surface area contributed by atoms with Gasteiger partial charge in [-0.15, -0.1) is 0 Å². The second-order valence-corrected chi connectivity index (χ2v) is 6.79. The second kappa shape index (κ2) is 6.28. The Balaban J connectivity index is 1.76. The maximum Gasteiger partial charge on any atom is 0.0164 e. The van der Waals surface area contributed by atoms with Crippen molar-refractivity contribution in [1.82, 2.24) is 4.90 Å². The Morgan fingerprint density at radius 1 is 1.05 bits per heavy atom. The Morgan fingerprint density at radius 2 is 1.80 bits per heavy atom. The van der Waals surface area contributed by atoms with E-state index in [1.54, 1.807) is 5.56 Å². The molecule has 0 radical (unpaired) electrons. The highest BCUT2D eigenvalue weighted by Gasteiger charge is 2.34. The van der Waals surface area contributed by atoms with E-state index in [1.807, 2.05) is 0 Å². The van der Waals surface area contributed by atoms with Crippen molar-refractivity contribution in [1.29, 1.82) is 0 Å². The van der Waals surface area contributed by atoms with E-state index in [1.165, 1.54) is 45.2 Å². The fraction of sp³-hybridized carbons (Fsp3) is 0.667. The van der Waals surface area contributed by atoms with E-state index in [0.29, 0.717) is 12.0 Å². The number of benzene rings is 1. The van der Waals surface area contributed by atoms with Crippen molar-refractivity contribution in [2.45, 2.75) is 57.0 Å². The molecule has 0 amide bonds. The third-order valence-corrected chi connectivity index (χ3v) is 5.43. The van der Waals surface area contributed by atoms with Gasteiger partial charge < -0.3 is 5.73 Å². The first-order chi connectivity index (χ1) is 9.75. The Morgan fingerprint density at radius 3 is 2.55 bits per heavy atom. The fourth-order valence-corrected chi connectivity index (χ4v) is 4.13. The first kappa shape index (κ1) is 14.1. The average molecular weight is 272 g/mol. The third-order valence-electron chi connectivity index (χ3n) is 5.43. The van der Waals surface area contributed by atoms with Gasteiger partial charge in [-0.2, -0.15) is 0 Å². The summed E-state index contributed by atoms with van der Waals surface area (Å²) < 4.78 is 0. The van der Waals surface area contributed by atoms with Crippen LogP contribution in [-0.4, -0.2) is 30.1 Å². The van der Waals surface area contributed by atoms with Gasteiger partial charge in [-0.1, -0.05) is 50.1 Å². The van der Waals surface area contributed by atoms with E-state index in [0.717, 1.165) is 12.0 Å². The van der Waals surface area contributed by atoms with Crippen molar-refractivity contribution in [2.24, 2.45) is 11.7 Å². The van der Waals surface area contributed by atoms with Crippen LogP contribution in [0.3, 0.4) is 0 Å². The molecule has 1 aliphatic heterocycles. The lowest BCUT2D eigenvalue weighted by Gasteiger charge is -2.45. The van der Waals surface area contributed by atoms with Crippen LogP contribution in [-0.2, 0) is 0 Å². The molecule has 20 heavy (non-hydrogen) atoms. The van der Waals surface area contributed by atoms with Crippen LogP contribution < -0.4 is 5.73 Å². The van der Waals surface area contributed by atoms with Gasteiger partial charge in [-0.05, 0) is 43.2 Å². The molecule has 2 N–H and O–H groups in total. The molecule has 1 saturated carbocycles. The molecule has 0 aromatic heterocycles. The lowest BCUT2D eigenvalue weighted by molar-refractivity contribution is 0.0798. The molecule has 4 atom stereocenters. The molecular formula is C18H28N2. The number of nitrogens with two attached hydrogens (primary N) is 1. The normalized spacial score (nSPS) is 35.9. The molecule has 2 heteroatoms. The molecule has 0 spiro atoms. The summed E-state index contributed by atoms with van der Waals surface area (Å²) in [7, 11) is 0. The molecule has 1 aromatic rings. The predicted molar refractivity (Wildman–Crippen MR) is 84.8 cm³/mol. The summed E-state index contributed by atoms with van der Waals surface area (Å²) >= 11 is 0. The van der Waals surface area contributed by atoms with Gasteiger partial charge in [0.05, 0.1) is 0 Å². The molecule has 3 rings (SSSR count). The zero-order chi connectivity index (χ0) is 13.9. The minimum absolute atomic E-state index is 0.407. The van der Waals surface area contributed by atoms with E-state index in [2.05, 4.69) is 42.2 Å². The van der Waals surface area contributed by atoms with E-state index >= 15 is 0 Å². The molecule has 1 aliphatic carbocycles. The van der Waals surface area contributed by atoms with Crippen molar-refractivity contribution in [2.75, 3.05) is 13.1 Å². The summed E-state index contributed by atoms with van der Waals surface area (Å²) in [4.78, 5) is 2.74. The lowest BCUT2D eigenvalue weighted by atomic mass is 9.78. The van der Waals surface area contributed by atoms with Crippen molar-refractivity contribution < 1.29 is 0 Å². The minimum atomic E-state index is 0.407. The Bertz CT molecular complexity index is 417. The number of nitrogens with zero attached hydrogens (tertiary/aromatic N) is 1. The van der Waals surface area contributed by atoms with Crippen LogP contribution in [0.4, 0.5) is 0 Å². The van der Waals surface area contributed by atoms with Gasteiger partial charge in [-0.3, -0.25) is 4.90 Å². The molecule has 2 nitrogen and oxygen atoms in total. The predicted octanol–water partition coefficient (Wildman–Crippen LogP) is 3.38. The number of likely N-dealkylation sites (tertiary alicyclic amines) is 1. The first-order valence-electron chi connectivity index (χ1n) is 8.30. The molecule has 1 saturated heterocycles. The zero-order valence-electron chi connectivity index (χ0n) is 12.7. The zero-order valence-corrected chi connectivity index (χ0v) is 12.7. The van der Waals surface area contributed by atoms with E-state index in [-0.39, 0.29) is 0 Å². The van der Waals surface area contributed by atoms with Crippen molar-refractivity contribution in [3.63, 3.8) is 0 Å². The Hall–Kier alpha value is -0.860. The average Bonchev–Trinajstić information content (AvgIpc) is 2.51. The largest absolute Gasteiger partial charge is 0.327 e. The lowest BCUT2D eigenvalue weighted by Crippen LogP contribution is -2.52. The quantitative estimate of drug-likeness (QED) is 0.894. The summed E-state index contributed by atoms with van der Waals surface area (Å²) in [5.74, 6) is 1.37. The highest BCUT2D eigenvalue weighted by Crippen LogP contribution is 2.37. The summed E-state index contributed by atoms with van der Waals surface area (Å²) in [6.07, 6.45) is 6.66. The van der Waals surface area contributed by atoms with Crippen molar-refractivity contribution >= 4 is 0 Å². The Kier molecular flexibility index (Phi) is 4.42. The summed E-state index contributed by atoms with van der Waals surface area (Å²) in [6, 6.07) is 12.3. The van der Waals surface area contributed by atoms with Crippen LogP contribution in [0.2, 0.25) is 0 Å². The standard InChI is InChI=1S/C18H28N2/c1-14-13-20(12-11-17(14)19)18-10-6-5-9-16(18)15-7-3-2-4-8-15/h2-4,7-8,14,16-18H,5-6,9-13,19H2,1H3. The van der Waals surface area contributed by atoms with Gasteiger partial charge in [0, 0.05) is 18.6 Å². The van der Waals surface area contributed by atoms with Gasteiger partial charge in [0.2, 0.25) is 0 Å². The van der Waals surface area contributed by atoms with E-state index in [4.69, 9.17) is 5.73 Å². The van der Waals surface area contributed by atoms with Crippen LogP contribution >= 0.6 is 0 Å². The maximum absolute atomic E-state index is 6.19. The number of hydrogen-bond acceptors (Lipinski definition) is 2. The van der Waals surface area contributed by atoms with E-state index < -0.39 is 0 Å². The van der Waals surface area contributed by atoms with Gasteiger partial charge in [0.1, 0.15) is 0 Å². The molecule has 2 aliphatic rings. The number of hydrogen-bond donors (Lipinski definition) is 1. The van der Waals surface area contributed by atoms with Crippen LogP contribution in [0.5, 0.6) is 0 Å². The molecule has 1 heterocycles. The number of piperidine rings is 1. The number of rotatable bonds is 2. The highest BCUT2D eigenvalue weighted by atomic mass is 15.2. The highest BCUT2D eigenvalue weighted by molar-refractivity contribution is 5.22. The SMILES string of the molecule is CC1CN(C2CCCCC2c2ccccc2)CCC1N. The van der Waals surface area contributed by atoms with Crippen molar-refractivity contribution in [3.05, 3.63) is 35.9 Å². The van der Waals surface area contributed by atoms with Gasteiger partial charge in [-0.25, -0.2) is 0 Å². The third kappa shape index (κ3) is 2.91. The Labute approximate surface area is 123 Å². The van der Waals surface area contributed by atoms with Crippen LogP contribution in [0.15, 0.2) is 30.3 Å². The molecule has 0 bridgehead atoms. The van der Waals surface area contributed by atoms with E-state index in [9.17, 15) is 0 Å². The topological polar surface area (TPSA) is 29.3 Å². The van der Waals surface area contributed by atoms with Crippen molar-refractivity contribution in [3.8, 4) is 0 Å². The molecule has 110 valence electrons. The monoisotopic (exact) mass is 272 g/mol. The molecule has 1 aromatic carbocycles. The molecule has 4 unspecified atom stereocenters. The van der Waals surface area contributed by atoms with Crippen LogP contribution in [0.1, 0.15) is 50.5 Å². The second-order valence-electron chi connectivity index (χ2n) is 6.79. The van der Waals surface area contributed by atoms with Crippen LogP contribution in [0, 0.1) is 5.92 Å². The summed E-state index contributed by atoms with van der Waals surface area (Å²) in [5.41, 5.74) is 7.73. The molecular weight excluding hydrogens is 244 g/mol. The summed E-state index contributed by atoms with van der Waals surface area (Å²) in [6.45, 7) is 4.70. The smallest absolute Gasteiger partial charge is 0.0164 e. The van der Waals surface area contributed by atoms with Gasteiger partial charge >= 0.3 is 0 Å². The van der Waals surface area contributed by atoms with Gasteiger partial charge in [0.15, 0.2) is 0 Å². The maximum atomic E-state index is 6.19. The minimum Gasteiger partial charge on any atom is -0.327 e. The van der Waals surface area contributed by atoms with Gasteiger partial charge in [0.25, 0.3) is 0 Å². The first-order valence-corrected chi connectivity index (χ1v) is 8.30. The molecule has 2 fully saturated rings. The fourth-order valence-electron chi connectivity index (χ4n) is 4.13. The summed E-state index contributed by atoms with van der Waals surface area (Å²) in [5, 5.41) is 0.